The van der Waals surface area contributed by atoms with Crippen LogP contribution in [0.3, 0.4) is 0 Å². The number of carbonyl (C=O) groups is 1. The second kappa shape index (κ2) is 6.37. The van der Waals surface area contributed by atoms with Crippen molar-refractivity contribution in [3.05, 3.63) is 17.0 Å². The third-order valence-corrected chi connectivity index (χ3v) is 5.63. The van der Waals surface area contributed by atoms with Gasteiger partial charge in [0.15, 0.2) is 0 Å². The Morgan fingerprint density at radius 1 is 1.32 bits per heavy atom. The molecule has 8 heteroatoms. The summed E-state index contributed by atoms with van der Waals surface area (Å²) in [7, 11) is -1.28. The van der Waals surface area contributed by atoms with Gasteiger partial charge in [-0.3, -0.25) is 9.48 Å². The molecule has 1 aliphatic rings. The van der Waals surface area contributed by atoms with E-state index >= 15 is 0 Å². The number of hydrogen-bond donors (Lipinski definition) is 1. The first-order chi connectivity index (χ1) is 10.2. The van der Waals surface area contributed by atoms with E-state index in [1.807, 2.05) is 20.9 Å². The van der Waals surface area contributed by atoms with Crippen molar-refractivity contribution in [2.75, 3.05) is 25.9 Å². The first-order valence-electron chi connectivity index (χ1n) is 7.43. The zero-order valence-corrected chi connectivity index (χ0v) is 14.4. The van der Waals surface area contributed by atoms with E-state index in [0.29, 0.717) is 31.1 Å². The van der Waals surface area contributed by atoms with E-state index in [2.05, 4.69) is 10.4 Å². The number of aryl methyl sites for hydroxylation is 2. The summed E-state index contributed by atoms with van der Waals surface area (Å²) in [6.07, 6.45) is 2.79. The van der Waals surface area contributed by atoms with Crippen LogP contribution >= 0.6 is 0 Å². The quantitative estimate of drug-likeness (QED) is 0.869. The van der Waals surface area contributed by atoms with Crippen molar-refractivity contribution < 1.29 is 13.2 Å². The lowest BCUT2D eigenvalue weighted by Gasteiger charge is -2.30. The zero-order chi connectivity index (χ0) is 16.5. The molecule has 1 fully saturated rings. The minimum Gasteiger partial charge on any atom is -0.352 e. The third kappa shape index (κ3) is 3.67. The number of carbonyl (C=O) groups excluding carboxylic acids is 1. The molecular weight excluding hydrogens is 304 g/mol. The summed E-state index contributed by atoms with van der Waals surface area (Å²) in [6.45, 7) is 5.34. The minimum atomic E-state index is -3.10. The van der Waals surface area contributed by atoms with Crippen molar-refractivity contribution in [2.24, 2.45) is 13.0 Å². The molecule has 0 bridgehead atoms. The fourth-order valence-electron chi connectivity index (χ4n) is 2.87. The molecule has 0 radical (unpaired) electrons. The summed E-state index contributed by atoms with van der Waals surface area (Å²) in [5.41, 5.74) is 2.21. The van der Waals surface area contributed by atoms with Gasteiger partial charge < -0.3 is 5.32 Å². The SMILES string of the molecule is Cc1nn(C)c(C)c1C(=O)NCC1CCN(S(C)(=O)=O)CC1. The monoisotopic (exact) mass is 328 g/mol. The molecule has 1 amide bonds. The molecule has 2 rings (SSSR count). The molecular formula is C14H24N4O3S. The summed E-state index contributed by atoms with van der Waals surface area (Å²) < 4.78 is 26.1. The van der Waals surface area contributed by atoms with Crippen LogP contribution in [0.4, 0.5) is 0 Å². The number of amides is 1. The number of nitrogens with one attached hydrogen (secondary N) is 1. The highest BCUT2D eigenvalue weighted by Crippen LogP contribution is 2.19. The maximum Gasteiger partial charge on any atom is 0.255 e. The van der Waals surface area contributed by atoms with Crippen LogP contribution in [0.2, 0.25) is 0 Å². The van der Waals surface area contributed by atoms with E-state index in [9.17, 15) is 13.2 Å². The predicted octanol–water partition coefficient (Wildman–Crippen LogP) is 0.438. The first kappa shape index (κ1) is 17.0. The van der Waals surface area contributed by atoms with E-state index in [0.717, 1.165) is 24.2 Å². The molecule has 2 heterocycles. The average molecular weight is 328 g/mol. The molecule has 124 valence electrons. The van der Waals surface area contributed by atoms with Crippen LogP contribution < -0.4 is 5.32 Å². The smallest absolute Gasteiger partial charge is 0.255 e. The summed E-state index contributed by atoms with van der Waals surface area (Å²) in [5, 5.41) is 7.20. The molecule has 1 aromatic heterocycles. The van der Waals surface area contributed by atoms with Crippen LogP contribution in [0.15, 0.2) is 0 Å². The van der Waals surface area contributed by atoms with Crippen LogP contribution in [0.5, 0.6) is 0 Å². The van der Waals surface area contributed by atoms with E-state index in [1.54, 1.807) is 4.68 Å². The summed E-state index contributed by atoms with van der Waals surface area (Å²) in [6, 6.07) is 0. The first-order valence-corrected chi connectivity index (χ1v) is 9.28. The highest BCUT2D eigenvalue weighted by atomic mass is 32.2. The molecule has 1 aromatic rings. The Morgan fingerprint density at radius 3 is 2.36 bits per heavy atom. The van der Waals surface area contributed by atoms with Crippen molar-refractivity contribution in [1.29, 1.82) is 0 Å². The van der Waals surface area contributed by atoms with Crippen molar-refractivity contribution in [3.63, 3.8) is 0 Å². The van der Waals surface area contributed by atoms with Crippen LogP contribution in [0.25, 0.3) is 0 Å². The molecule has 0 aromatic carbocycles. The number of rotatable bonds is 4. The Morgan fingerprint density at radius 2 is 1.91 bits per heavy atom. The molecule has 7 nitrogen and oxygen atoms in total. The van der Waals surface area contributed by atoms with Crippen LogP contribution in [0, 0.1) is 19.8 Å². The number of aromatic nitrogens is 2. The lowest BCUT2D eigenvalue weighted by Crippen LogP contribution is -2.41. The zero-order valence-electron chi connectivity index (χ0n) is 13.6. The minimum absolute atomic E-state index is 0.103. The number of nitrogens with zero attached hydrogens (tertiary/aromatic N) is 3. The molecule has 1 N–H and O–H groups in total. The summed E-state index contributed by atoms with van der Waals surface area (Å²) in [4.78, 5) is 12.3. The molecule has 0 unspecified atom stereocenters. The second-order valence-electron chi connectivity index (χ2n) is 5.98. The van der Waals surface area contributed by atoms with Gasteiger partial charge in [0, 0.05) is 32.4 Å². The van der Waals surface area contributed by atoms with Gasteiger partial charge >= 0.3 is 0 Å². The maximum atomic E-state index is 12.3. The lowest BCUT2D eigenvalue weighted by molar-refractivity contribution is 0.0940. The highest BCUT2D eigenvalue weighted by Gasteiger charge is 2.25. The van der Waals surface area contributed by atoms with E-state index in [1.165, 1.54) is 10.6 Å². The standard InChI is InChI=1S/C14H24N4O3S/c1-10-13(11(2)17(3)16-10)14(19)15-9-12-5-7-18(8-6-12)22(4,20)21/h12H,5-9H2,1-4H3,(H,15,19). The fourth-order valence-corrected chi connectivity index (χ4v) is 3.75. The topological polar surface area (TPSA) is 84.3 Å². The average Bonchev–Trinajstić information content (AvgIpc) is 2.69. The van der Waals surface area contributed by atoms with Gasteiger partial charge in [-0.25, -0.2) is 12.7 Å². The van der Waals surface area contributed by atoms with Crippen molar-refractivity contribution in [2.45, 2.75) is 26.7 Å². The largest absolute Gasteiger partial charge is 0.352 e. The summed E-state index contributed by atoms with van der Waals surface area (Å²) >= 11 is 0. The van der Waals surface area contributed by atoms with E-state index in [-0.39, 0.29) is 5.91 Å². The third-order valence-electron chi connectivity index (χ3n) is 4.33. The summed E-state index contributed by atoms with van der Waals surface area (Å²) in [5.74, 6) is 0.216. The van der Waals surface area contributed by atoms with Crippen molar-refractivity contribution in [1.82, 2.24) is 19.4 Å². The lowest BCUT2D eigenvalue weighted by atomic mass is 9.98. The molecule has 1 saturated heterocycles. The highest BCUT2D eigenvalue weighted by molar-refractivity contribution is 7.88. The maximum absolute atomic E-state index is 12.3. The van der Waals surface area contributed by atoms with Gasteiger partial charge in [-0.1, -0.05) is 0 Å². The van der Waals surface area contributed by atoms with Crippen molar-refractivity contribution in [3.8, 4) is 0 Å². The Hall–Kier alpha value is -1.41. The number of hydrogen-bond acceptors (Lipinski definition) is 4. The van der Waals surface area contributed by atoms with Crippen molar-refractivity contribution >= 4 is 15.9 Å². The Labute approximate surface area is 131 Å². The fraction of sp³-hybridized carbons (Fsp3) is 0.714. The van der Waals surface area contributed by atoms with Gasteiger partial charge in [0.2, 0.25) is 10.0 Å². The number of piperidine rings is 1. The van der Waals surface area contributed by atoms with E-state index in [4.69, 9.17) is 0 Å². The van der Waals surface area contributed by atoms with Gasteiger partial charge in [-0.15, -0.1) is 0 Å². The van der Waals surface area contributed by atoms with Gasteiger partial charge in [-0.05, 0) is 32.6 Å². The van der Waals surface area contributed by atoms with Crippen LogP contribution in [-0.2, 0) is 17.1 Å². The normalized spacial score (nSPS) is 17.6. The molecule has 0 saturated carbocycles. The van der Waals surface area contributed by atoms with Crippen LogP contribution in [-0.4, -0.2) is 54.3 Å². The van der Waals surface area contributed by atoms with Crippen LogP contribution in [0.1, 0.15) is 34.6 Å². The van der Waals surface area contributed by atoms with Gasteiger partial charge in [0.05, 0.1) is 17.5 Å². The van der Waals surface area contributed by atoms with Gasteiger partial charge in [0.25, 0.3) is 5.91 Å². The Balaban J connectivity index is 1.88. The molecule has 0 spiro atoms. The van der Waals surface area contributed by atoms with E-state index < -0.39 is 10.0 Å². The van der Waals surface area contributed by atoms with Gasteiger partial charge in [0.1, 0.15) is 0 Å². The molecule has 22 heavy (non-hydrogen) atoms. The molecule has 0 atom stereocenters. The predicted molar refractivity (Wildman–Crippen MR) is 84.2 cm³/mol. The second-order valence-corrected chi connectivity index (χ2v) is 7.97. The Kier molecular flexibility index (Phi) is 4.91. The Bertz CT molecular complexity index is 658. The molecule has 0 aliphatic carbocycles. The van der Waals surface area contributed by atoms with Gasteiger partial charge in [-0.2, -0.15) is 5.10 Å². The molecule has 1 aliphatic heterocycles. The number of sulfonamides is 1.